The number of carbonyl (C=O) groups is 1. The third-order valence-corrected chi connectivity index (χ3v) is 7.55. The third-order valence-electron chi connectivity index (χ3n) is 5.45. The van der Waals surface area contributed by atoms with E-state index in [0.717, 1.165) is 6.42 Å². The molecule has 33 heavy (non-hydrogen) atoms. The quantitative estimate of drug-likeness (QED) is 0.472. The molecule has 0 N–H and O–H groups in total. The summed E-state index contributed by atoms with van der Waals surface area (Å²) in [5, 5.41) is 8.41. The Morgan fingerprint density at radius 2 is 1.70 bits per heavy atom. The first kappa shape index (κ1) is 23.4. The second-order valence-corrected chi connectivity index (χ2v) is 10.8. The number of rotatable bonds is 6. The molecule has 1 aliphatic rings. The first-order valence-electron chi connectivity index (χ1n) is 10.6. The Kier molecular flexibility index (Phi) is 6.83. The Morgan fingerprint density at radius 1 is 1.06 bits per heavy atom. The minimum Gasteiger partial charge on any atom is -0.452 e. The van der Waals surface area contributed by atoms with Gasteiger partial charge in [-0.3, -0.25) is 0 Å². The second-order valence-electron chi connectivity index (χ2n) is 8.38. The topological polar surface area (TPSA) is 103 Å². The van der Waals surface area contributed by atoms with Gasteiger partial charge in [0.1, 0.15) is 0 Å². The van der Waals surface area contributed by atoms with Gasteiger partial charge in [0.05, 0.1) is 10.5 Å². The number of sulfonamides is 1. The molecule has 1 aliphatic heterocycles. The maximum Gasteiger partial charge on any atom is 0.338 e. The molecular formula is C23H24ClN3O5S. The summed E-state index contributed by atoms with van der Waals surface area (Å²) >= 11 is 5.87. The molecule has 0 amide bonds. The van der Waals surface area contributed by atoms with Crippen LogP contribution in [-0.4, -0.2) is 42.0 Å². The molecule has 0 unspecified atom stereocenters. The number of carbonyl (C=O) groups excluding carboxylic acids is 1. The summed E-state index contributed by atoms with van der Waals surface area (Å²) in [7, 11) is -3.61. The van der Waals surface area contributed by atoms with Gasteiger partial charge < -0.3 is 9.15 Å². The second kappa shape index (κ2) is 9.62. The Labute approximate surface area is 197 Å². The van der Waals surface area contributed by atoms with Gasteiger partial charge in [-0.15, -0.1) is 10.2 Å². The van der Waals surface area contributed by atoms with Crippen LogP contribution in [0.1, 0.15) is 36.5 Å². The lowest BCUT2D eigenvalue weighted by molar-refractivity contribution is 0.0438. The monoisotopic (exact) mass is 489 g/mol. The summed E-state index contributed by atoms with van der Waals surface area (Å²) in [5.74, 6) is 0.422. The number of halogens is 1. The minimum atomic E-state index is -3.61. The van der Waals surface area contributed by atoms with E-state index in [-0.39, 0.29) is 28.8 Å². The molecular weight excluding hydrogens is 466 g/mol. The smallest absolute Gasteiger partial charge is 0.338 e. The Bertz CT molecular complexity index is 1220. The van der Waals surface area contributed by atoms with Gasteiger partial charge in [-0.2, -0.15) is 4.31 Å². The van der Waals surface area contributed by atoms with Gasteiger partial charge in [0.15, 0.2) is 6.61 Å². The summed E-state index contributed by atoms with van der Waals surface area (Å²) in [6, 6.07) is 12.6. The van der Waals surface area contributed by atoms with E-state index >= 15 is 0 Å². The van der Waals surface area contributed by atoms with Gasteiger partial charge in [-0.25, -0.2) is 13.2 Å². The summed E-state index contributed by atoms with van der Waals surface area (Å²) in [5.41, 5.74) is 0.922. The molecule has 174 valence electrons. The van der Waals surface area contributed by atoms with Gasteiger partial charge in [0, 0.05) is 23.7 Å². The Balaban J connectivity index is 1.38. The van der Waals surface area contributed by atoms with E-state index < -0.39 is 16.0 Å². The number of piperidine rings is 1. The Hall–Kier alpha value is -2.75. The number of hydrogen-bond acceptors (Lipinski definition) is 7. The summed E-state index contributed by atoms with van der Waals surface area (Å²) in [6.45, 7) is 4.90. The first-order chi connectivity index (χ1) is 15.7. The van der Waals surface area contributed by atoms with Crippen LogP contribution < -0.4 is 0 Å². The van der Waals surface area contributed by atoms with Gasteiger partial charge in [-0.1, -0.05) is 25.4 Å². The number of hydrogen-bond donors (Lipinski definition) is 0. The zero-order chi connectivity index (χ0) is 23.6. The molecule has 4 rings (SSSR count). The first-order valence-corrected chi connectivity index (χ1v) is 12.4. The summed E-state index contributed by atoms with van der Waals surface area (Å²) < 4.78 is 38.2. The van der Waals surface area contributed by atoms with E-state index in [0.29, 0.717) is 35.5 Å². The van der Waals surface area contributed by atoms with Crippen molar-refractivity contribution in [3.05, 3.63) is 65.0 Å². The molecule has 1 aromatic heterocycles. The van der Waals surface area contributed by atoms with E-state index in [2.05, 4.69) is 24.0 Å². The van der Waals surface area contributed by atoms with Crippen LogP contribution in [-0.2, 0) is 21.4 Å². The number of nitrogens with zero attached hydrogens (tertiary/aromatic N) is 3. The maximum absolute atomic E-state index is 13.0. The molecule has 2 heterocycles. The van der Waals surface area contributed by atoms with Gasteiger partial charge in [0.25, 0.3) is 5.89 Å². The van der Waals surface area contributed by atoms with E-state index in [1.807, 2.05) is 0 Å². The van der Waals surface area contributed by atoms with Crippen molar-refractivity contribution in [2.24, 2.45) is 11.8 Å². The number of aromatic nitrogens is 2. The fourth-order valence-electron chi connectivity index (χ4n) is 3.95. The lowest BCUT2D eigenvalue weighted by Gasteiger charge is -2.34. The van der Waals surface area contributed by atoms with Crippen LogP contribution in [0.3, 0.4) is 0 Å². The van der Waals surface area contributed by atoms with E-state index in [1.54, 1.807) is 24.3 Å². The highest BCUT2D eigenvalue weighted by molar-refractivity contribution is 7.89. The van der Waals surface area contributed by atoms with Crippen LogP contribution in [0.2, 0.25) is 5.02 Å². The van der Waals surface area contributed by atoms with Crippen molar-refractivity contribution < 1.29 is 22.4 Å². The lowest BCUT2D eigenvalue weighted by Crippen LogP contribution is -2.42. The lowest BCUT2D eigenvalue weighted by atomic mass is 9.94. The minimum absolute atomic E-state index is 0.140. The predicted octanol–water partition coefficient (Wildman–Crippen LogP) is 4.41. The fraction of sp³-hybridized carbons (Fsp3) is 0.348. The maximum atomic E-state index is 13.0. The number of benzene rings is 2. The molecule has 10 heteroatoms. The van der Waals surface area contributed by atoms with E-state index in [4.69, 9.17) is 20.8 Å². The van der Waals surface area contributed by atoms with Crippen molar-refractivity contribution in [2.45, 2.75) is 31.8 Å². The standard InChI is InChI=1S/C23H24ClN3O5S/c1-15-11-16(2)13-27(12-15)33(29,30)20-9-5-18(6-10-20)23(28)31-14-21-25-26-22(32-21)17-3-7-19(24)8-4-17/h3-10,15-16H,11-14H2,1-2H3/t15-,16-/m0/s1. The molecule has 8 nitrogen and oxygen atoms in total. The third kappa shape index (κ3) is 5.43. The molecule has 0 spiro atoms. The molecule has 3 aromatic rings. The van der Waals surface area contributed by atoms with Crippen molar-refractivity contribution >= 4 is 27.6 Å². The SMILES string of the molecule is C[C@H]1C[C@H](C)CN(S(=O)(=O)c2ccc(C(=O)OCc3nnc(-c4ccc(Cl)cc4)o3)cc2)C1. The highest BCUT2D eigenvalue weighted by atomic mass is 35.5. The van der Waals surface area contributed by atoms with Crippen LogP contribution >= 0.6 is 11.6 Å². The molecule has 2 aromatic carbocycles. The molecule has 0 bridgehead atoms. The molecule has 1 saturated heterocycles. The van der Waals surface area contributed by atoms with Crippen LogP contribution in [0, 0.1) is 11.8 Å². The molecule has 1 fully saturated rings. The van der Waals surface area contributed by atoms with E-state index in [1.165, 1.54) is 28.6 Å². The molecule has 2 atom stereocenters. The summed E-state index contributed by atoms with van der Waals surface area (Å²) in [6.07, 6.45) is 1.01. The molecule has 0 saturated carbocycles. The largest absolute Gasteiger partial charge is 0.452 e. The van der Waals surface area contributed by atoms with Crippen LogP contribution in [0.15, 0.2) is 57.8 Å². The van der Waals surface area contributed by atoms with Crippen LogP contribution in [0.5, 0.6) is 0 Å². The highest BCUT2D eigenvalue weighted by Gasteiger charge is 2.31. The summed E-state index contributed by atoms with van der Waals surface area (Å²) in [4.78, 5) is 12.6. The van der Waals surface area contributed by atoms with Crippen molar-refractivity contribution in [1.82, 2.24) is 14.5 Å². The highest BCUT2D eigenvalue weighted by Crippen LogP contribution is 2.27. The number of esters is 1. The molecule has 0 radical (unpaired) electrons. The van der Waals surface area contributed by atoms with Gasteiger partial charge >= 0.3 is 5.97 Å². The van der Waals surface area contributed by atoms with Gasteiger partial charge in [-0.05, 0) is 66.8 Å². The van der Waals surface area contributed by atoms with Crippen molar-refractivity contribution in [2.75, 3.05) is 13.1 Å². The fourth-order valence-corrected chi connectivity index (χ4v) is 5.75. The zero-order valence-electron chi connectivity index (χ0n) is 18.3. The zero-order valence-corrected chi connectivity index (χ0v) is 19.8. The van der Waals surface area contributed by atoms with E-state index in [9.17, 15) is 13.2 Å². The Morgan fingerprint density at radius 3 is 2.33 bits per heavy atom. The normalized spacial score (nSPS) is 19.4. The van der Waals surface area contributed by atoms with Crippen LogP contribution in [0.4, 0.5) is 0 Å². The van der Waals surface area contributed by atoms with Gasteiger partial charge in [0.2, 0.25) is 15.9 Å². The number of ether oxygens (including phenoxy) is 1. The van der Waals surface area contributed by atoms with Crippen molar-refractivity contribution in [1.29, 1.82) is 0 Å². The molecule has 0 aliphatic carbocycles. The predicted molar refractivity (Wildman–Crippen MR) is 122 cm³/mol. The van der Waals surface area contributed by atoms with Crippen molar-refractivity contribution in [3.8, 4) is 11.5 Å². The average Bonchev–Trinajstić information content (AvgIpc) is 3.26. The average molecular weight is 490 g/mol. The van der Waals surface area contributed by atoms with Crippen molar-refractivity contribution in [3.63, 3.8) is 0 Å². The van der Waals surface area contributed by atoms with Crippen LogP contribution in [0.25, 0.3) is 11.5 Å².